The molecule has 0 bridgehead atoms. The molecule has 0 fully saturated rings. The summed E-state index contributed by atoms with van der Waals surface area (Å²) in [4.78, 5) is 11.8. The van der Waals surface area contributed by atoms with Crippen molar-refractivity contribution >= 4 is 5.97 Å². The first kappa shape index (κ1) is 17.7. The van der Waals surface area contributed by atoms with Crippen LogP contribution in [0.1, 0.15) is 23.2 Å². The molecule has 0 saturated heterocycles. The normalized spacial score (nSPS) is 10.3. The van der Waals surface area contributed by atoms with E-state index in [1.165, 1.54) is 0 Å². The second-order valence-corrected chi connectivity index (χ2v) is 5.92. The number of rotatable bonds is 8. The number of hydrogen-bond donors (Lipinski definition) is 0. The molecule has 3 aromatic carbocycles. The number of ether oxygens (including phenoxy) is 2. The van der Waals surface area contributed by atoms with Crippen LogP contribution in [0.5, 0.6) is 5.75 Å². The van der Waals surface area contributed by atoms with Crippen molar-refractivity contribution in [1.82, 2.24) is 0 Å². The van der Waals surface area contributed by atoms with Crippen LogP contribution in [0.15, 0.2) is 84.9 Å². The lowest BCUT2D eigenvalue weighted by Crippen LogP contribution is -2.07. The molecule has 0 unspecified atom stereocenters. The van der Waals surface area contributed by atoms with Crippen LogP contribution in [-0.4, -0.2) is 19.2 Å². The van der Waals surface area contributed by atoms with Crippen LogP contribution in [0, 0.1) is 0 Å². The third-order valence-electron chi connectivity index (χ3n) is 4.01. The molecule has 0 heterocycles. The molecular weight excluding hydrogens is 324 g/mol. The molecule has 132 valence electrons. The minimum atomic E-state index is -0.277. The first-order valence-corrected chi connectivity index (χ1v) is 8.84. The van der Waals surface area contributed by atoms with Crippen LogP contribution in [0.2, 0.25) is 0 Å². The Hall–Kier alpha value is -3.07. The standard InChI is InChI=1S/C23H22O3/c24-23(20-13-5-2-6-14-20)26-18-10-9-17-25-22-16-8-7-15-21(22)19-11-3-1-4-12-19/h1-8,11-16H,9-10,17-18H2. The summed E-state index contributed by atoms with van der Waals surface area (Å²) in [6, 6.07) is 27.3. The van der Waals surface area contributed by atoms with Gasteiger partial charge in [0.25, 0.3) is 0 Å². The topological polar surface area (TPSA) is 35.5 Å². The molecule has 3 rings (SSSR count). The van der Waals surface area contributed by atoms with E-state index in [-0.39, 0.29) is 5.97 Å². The van der Waals surface area contributed by atoms with E-state index in [0.717, 1.165) is 29.7 Å². The summed E-state index contributed by atoms with van der Waals surface area (Å²) in [5.74, 6) is 0.598. The zero-order chi connectivity index (χ0) is 18.0. The number of carbonyl (C=O) groups excluding carboxylic acids is 1. The summed E-state index contributed by atoms with van der Waals surface area (Å²) < 4.78 is 11.2. The summed E-state index contributed by atoms with van der Waals surface area (Å²) in [5, 5.41) is 0. The molecule has 3 aromatic rings. The van der Waals surface area contributed by atoms with E-state index in [2.05, 4.69) is 18.2 Å². The van der Waals surface area contributed by atoms with Gasteiger partial charge in [-0.1, -0.05) is 66.7 Å². The van der Waals surface area contributed by atoms with Crippen LogP contribution >= 0.6 is 0 Å². The van der Waals surface area contributed by atoms with Gasteiger partial charge in [-0.2, -0.15) is 0 Å². The van der Waals surface area contributed by atoms with Crippen LogP contribution in [0.4, 0.5) is 0 Å². The van der Waals surface area contributed by atoms with Gasteiger partial charge in [0.15, 0.2) is 0 Å². The Morgan fingerprint density at radius 1 is 0.692 bits per heavy atom. The predicted octanol–water partition coefficient (Wildman–Crippen LogP) is 5.37. The number of esters is 1. The fraction of sp³-hybridized carbons (Fsp3) is 0.174. The van der Waals surface area contributed by atoms with Crippen molar-refractivity contribution in [1.29, 1.82) is 0 Å². The Kier molecular flexibility index (Phi) is 6.43. The van der Waals surface area contributed by atoms with Crippen LogP contribution in [-0.2, 0) is 4.74 Å². The van der Waals surface area contributed by atoms with Crippen LogP contribution in [0.25, 0.3) is 11.1 Å². The molecule has 0 saturated carbocycles. The fourth-order valence-electron chi connectivity index (χ4n) is 2.66. The van der Waals surface area contributed by atoms with E-state index in [1.807, 2.05) is 54.6 Å². The van der Waals surface area contributed by atoms with E-state index in [0.29, 0.717) is 18.8 Å². The monoisotopic (exact) mass is 346 g/mol. The Balaban J connectivity index is 1.43. The average Bonchev–Trinajstić information content (AvgIpc) is 2.72. The van der Waals surface area contributed by atoms with Gasteiger partial charge in [-0.25, -0.2) is 4.79 Å². The van der Waals surface area contributed by atoms with Crippen molar-refractivity contribution in [3.8, 4) is 16.9 Å². The Morgan fingerprint density at radius 2 is 1.31 bits per heavy atom. The van der Waals surface area contributed by atoms with Crippen molar-refractivity contribution in [2.45, 2.75) is 12.8 Å². The summed E-state index contributed by atoms with van der Waals surface area (Å²) in [6.07, 6.45) is 1.59. The highest BCUT2D eigenvalue weighted by Gasteiger charge is 2.06. The van der Waals surface area contributed by atoms with Gasteiger partial charge >= 0.3 is 5.97 Å². The summed E-state index contributed by atoms with van der Waals surface area (Å²) in [6.45, 7) is 0.990. The molecule has 0 N–H and O–H groups in total. The number of unbranched alkanes of at least 4 members (excludes halogenated alkanes) is 1. The highest BCUT2D eigenvalue weighted by molar-refractivity contribution is 5.89. The quantitative estimate of drug-likeness (QED) is 0.406. The van der Waals surface area contributed by atoms with Gasteiger partial charge in [0.1, 0.15) is 5.75 Å². The maximum absolute atomic E-state index is 11.8. The van der Waals surface area contributed by atoms with Crippen molar-refractivity contribution in [2.75, 3.05) is 13.2 Å². The molecule has 0 amide bonds. The summed E-state index contributed by atoms with van der Waals surface area (Å²) >= 11 is 0. The van der Waals surface area contributed by atoms with Gasteiger partial charge in [0, 0.05) is 5.56 Å². The molecule has 0 atom stereocenters. The average molecular weight is 346 g/mol. The van der Waals surface area contributed by atoms with E-state index in [4.69, 9.17) is 9.47 Å². The van der Waals surface area contributed by atoms with E-state index < -0.39 is 0 Å². The molecule has 3 heteroatoms. The first-order valence-electron chi connectivity index (χ1n) is 8.84. The minimum absolute atomic E-state index is 0.277. The zero-order valence-corrected chi connectivity index (χ0v) is 14.6. The van der Waals surface area contributed by atoms with E-state index in [9.17, 15) is 4.79 Å². The lowest BCUT2D eigenvalue weighted by molar-refractivity contribution is 0.0494. The Labute approximate surface area is 154 Å². The first-order chi connectivity index (χ1) is 12.8. The lowest BCUT2D eigenvalue weighted by Gasteiger charge is -2.11. The summed E-state index contributed by atoms with van der Waals surface area (Å²) in [7, 11) is 0. The molecular formula is C23H22O3. The fourth-order valence-corrected chi connectivity index (χ4v) is 2.66. The van der Waals surface area contributed by atoms with Gasteiger partial charge < -0.3 is 9.47 Å². The SMILES string of the molecule is O=C(OCCCCOc1ccccc1-c1ccccc1)c1ccccc1. The largest absolute Gasteiger partial charge is 0.493 e. The van der Waals surface area contributed by atoms with Crippen LogP contribution in [0.3, 0.4) is 0 Å². The Morgan fingerprint density at radius 3 is 2.08 bits per heavy atom. The highest BCUT2D eigenvalue weighted by Crippen LogP contribution is 2.29. The summed E-state index contributed by atoms with van der Waals surface area (Å²) in [5.41, 5.74) is 2.81. The van der Waals surface area contributed by atoms with E-state index in [1.54, 1.807) is 12.1 Å². The lowest BCUT2D eigenvalue weighted by atomic mass is 10.1. The maximum Gasteiger partial charge on any atom is 0.338 e. The Bertz CT molecular complexity index is 813. The second kappa shape index (κ2) is 9.42. The van der Waals surface area contributed by atoms with Crippen molar-refractivity contribution in [3.05, 3.63) is 90.5 Å². The van der Waals surface area contributed by atoms with Gasteiger partial charge in [-0.3, -0.25) is 0 Å². The van der Waals surface area contributed by atoms with Gasteiger partial charge in [0.05, 0.1) is 18.8 Å². The molecule has 0 spiro atoms. The highest BCUT2D eigenvalue weighted by atomic mass is 16.5. The zero-order valence-electron chi connectivity index (χ0n) is 14.6. The molecule has 0 aliphatic rings. The molecule has 0 aromatic heterocycles. The van der Waals surface area contributed by atoms with Crippen LogP contribution < -0.4 is 4.74 Å². The molecule has 0 aliphatic carbocycles. The molecule has 0 radical (unpaired) electrons. The van der Waals surface area contributed by atoms with Crippen molar-refractivity contribution < 1.29 is 14.3 Å². The number of carbonyl (C=O) groups is 1. The van der Waals surface area contributed by atoms with Gasteiger partial charge in [-0.05, 0) is 36.6 Å². The molecule has 0 aliphatic heterocycles. The number of para-hydroxylation sites is 1. The third-order valence-corrected chi connectivity index (χ3v) is 4.01. The smallest absolute Gasteiger partial charge is 0.338 e. The van der Waals surface area contributed by atoms with Crippen molar-refractivity contribution in [3.63, 3.8) is 0 Å². The van der Waals surface area contributed by atoms with Gasteiger partial charge in [-0.15, -0.1) is 0 Å². The maximum atomic E-state index is 11.8. The number of hydrogen-bond acceptors (Lipinski definition) is 3. The number of benzene rings is 3. The minimum Gasteiger partial charge on any atom is -0.493 e. The molecule has 3 nitrogen and oxygen atoms in total. The van der Waals surface area contributed by atoms with Gasteiger partial charge in [0.2, 0.25) is 0 Å². The van der Waals surface area contributed by atoms with Crippen molar-refractivity contribution in [2.24, 2.45) is 0 Å². The third kappa shape index (κ3) is 4.96. The predicted molar refractivity (Wildman–Crippen MR) is 103 cm³/mol. The second-order valence-electron chi connectivity index (χ2n) is 5.92. The van der Waals surface area contributed by atoms with E-state index >= 15 is 0 Å². The molecule has 26 heavy (non-hydrogen) atoms.